The summed E-state index contributed by atoms with van der Waals surface area (Å²) >= 11 is 6.18. The van der Waals surface area contributed by atoms with Crippen LogP contribution < -0.4 is 10.1 Å². The average Bonchev–Trinajstić information content (AvgIpc) is 2.62. The van der Waals surface area contributed by atoms with Crippen molar-refractivity contribution >= 4 is 34.1 Å². The van der Waals surface area contributed by atoms with Crippen molar-refractivity contribution in [1.82, 2.24) is 4.98 Å². The molecule has 0 saturated carbocycles. The van der Waals surface area contributed by atoms with Crippen LogP contribution in [-0.4, -0.2) is 17.0 Å². The molecule has 0 radical (unpaired) electrons. The Kier molecular flexibility index (Phi) is 5.14. The van der Waals surface area contributed by atoms with E-state index < -0.39 is 6.10 Å². The summed E-state index contributed by atoms with van der Waals surface area (Å²) < 4.78 is 5.81. The van der Waals surface area contributed by atoms with Gasteiger partial charge in [-0.15, -0.1) is 0 Å². The van der Waals surface area contributed by atoms with Crippen molar-refractivity contribution in [3.05, 3.63) is 64.3 Å². The minimum Gasteiger partial charge on any atom is -0.481 e. The molecule has 1 aromatic heterocycles. The van der Waals surface area contributed by atoms with Gasteiger partial charge in [0.15, 0.2) is 6.10 Å². The molecule has 0 aliphatic rings. The molecule has 1 N–H and O–H groups in total. The Morgan fingerprint density at radius 1 is 1.12 bits per heavy atom. The summed E-state index contributed by atoms with van der Waals surface area (Å²) in [6.45, 7) is 7.55. The number of fused-ring (bicyclic) bond motifs is 1. The first-order valence-electron chi connectivity index (χ1n) is 8.45. The first-order chi connectivity index (χ1) is 12.4. The van der Waals surface area contributed by atoms with Gasteiger partial charge in [-0.25, -0.2) is 0 Å². The van der Waals surface area contributed by atoms with Crippen LogP contribution in [0.3, 0.4) is 0 Å². The van der Waals surface area contributed by atoms with Crippen LogP contribution >= 0.6 is 11.6 Å². The second-order valence-corrected chi connectivity index (χ2v) is 6.83. The lowest BCUT2D eigenvalue weighted by Gasteiger charge is -2.17. The quantitative estimate of drug-likeness (QED) is 0.686. The minimum absolute atomic E-state index is 0.218. The number of aryl methyl sites for hydroxylation is 3. The third kappa shape index (κ3) is 3.65. The smallest absolute Gasteiger partial charge is 0.265 e. The predicted octanol–water partition coefficient (Wildman–Crippen LogP) is 5.22. The Balaban J connectivity index is 1.79. The number of rotatable bonds is 4. The molecule has 134 valence electrons. The lowest BCUT2D eigenvalue weighted by Crippen LogP contribution is -2.30. The lowest BCUT2D eigenvalue weighted by molar-refractivity contribution is -0.122. The van der Waals surface area contributed by atoms with Gasteiger partial charge in [0.25, 0.3) is 5.91 Å². The summed E-state index contributed by atoms with van der Waals surface area (Å²) in [7, 11) is 0. The van der Waals surface area contributed by atoms with Gasteiger partial charge in [-0.2, -0.15) is 0 Å². The van der Waals surface area contributed by atoms with Crippen molar-refractivity contribution in [2.24, 2.45) is 0 Å². The summed E-state index contributed by atoms with van der Waals surface area (Å²) in [5.41, 5.74) is 4.51. The molecule has 0 aliphatic carbocycles. The van der Waals surface area contributed by atoms with E-state index in [1.807, 2.05) is 57.2 Å². The molecule has 3 aromatic rings. The molecule has 1 atom stereocenters. The van der Waals surface area contributed by atoms with Crippen molar-refractivity contribution in [2.75, 3.05) is 5.32 Å². The van der Waals surface area contributed by atoms with Crippen molar-refractivity contribution < 1.29 is 9.53 Å². The first kappa shape index (κ1) is 18.2. The monoisotopic (exact) mass is 368 g/mol. The van der Waals surface area contributed by atoms with Gasteiger partial charge in [-0.1, -0.05) is 17.7 Å². The molecular weight excluding hydrogens is 348 g/mol. The summed E-state index contributed by atoms with van der Waals surface area (Å²) in [6.07, 6.45) is 1.10. The number of carbonyl (C=O) groups is 1. The van der Waals surface area contributed by atoms with Crippen molar-refractivity contribution in [3.63, 3.8) is 0 Å². The van der Waals surface area contributed by atoms with Crippen molar-refractivity contribution in [3.8, 4) is 5.75 Å². The fourth-order valence-electron chi connectivity index (χ4n) is 2.89. The molecule has 0 saturated heterocycles. The largest absolute Gasteiger partial charge is 0.481 e. The van der Waals surface area contributed by atoms with Crippen LogP contribution in [0.5, 0.6) is 5.75 Å². The molecule has 1 amide bonds. The Morgan fingerprint density at radius 3 is 2.50 bits per heavy atom. The number of ether oxygens (including phenoxy) is 1. The van der Waals surface area contributed by atoms with Gasteiger partial charge in [0.2, 0.25) is 0 Å². The van der Waals surface area contributed by atoms with E-state index >= 15 is 0 Å². The van der Waals surface area contributed by atoms with Crippen molar-refractivity contribution in [2.45, 2.75) is 33.8 Å². The van der Waals surface area contributed by atoms with Crippen LogP contribution in [0.4, 0.5) is 5.69 Å². The number of aromatic nitrogens is 1. The maximum Gasteiger partial charge on any atom is 0.265 e. The van der Waals surface area contributed by atoms with Crippen LogP contribution in [0, 0.1) is 20.8 Å². The number of hydrogen-bond donors (Lipinski definition) is 1. The highest BCUT2D eigenvalue weighted by Crippen LogP contribution is 2.27. The highest BCUT2D eigenvalue weighted by molar-refractivity contribution is 6.32. The number of amides is 1. The molecule has 0 bridgehead atoms. The lowest BCUT2D eigenvalue weighted by atomic mass is 10.1. The van der Waals surface area contributed by atoms with Gasteiger partial charge in [-0.05, 0) is 74.7 Å². The van der Waals surface area contributed by atoms with E-state index in [4.69, 9.17) is 16.3 Å². The molecule has 0 unspecified atom stereocenters. The zero-order valence-corrected chi connectivity index (χ0v) is 16.0. The Morgan fingerprint density at radius 2 is 1.81 bits per heavy atom. The SMILES string of the molecule is Cc1cc(O[C@@H](C)C(=O)Nc2ccc(C)c3ncccc23)cc(C)c1Cl. The Hall–Kier alpha value is -2.59. The van der Waals surface area contributed by atoms with Crippen LogP contribution in [0.1, 0.15) is 23.6 Å². The van der Waals surface area contributed by atoms with E-state index in [9.17, 15) is 4.79 Å². The van der Waals surface area contributed by atoms with E-state index in [1.54, 1.807) is 13.1 Å². The third-order valence-electron chi connectivity index (χ3n) is 4.32. The number of anilines is 1. The van der Waals surface area contributed by atoms with E-state index in [1.165, 1.54) is 0 Å². The number of hydrogen-bond acceptors (Lipinski definition) is 3. The highest BCUT2D eigenvalue weighted by Gasteiger charge is 2.17. The van der Waals surface area contributed by atoms with E-state index in [0.717, 1.165) is 33.3 Å². The standard InChI is InChI=1S/C21H21ClN2O2/c1-12-7-8-18(17-6-5-9-23-20(12)17)24-21(25)15(4)26-16-10-13(2)19(22)14(3)11-16/h5-11,15H,1-4H3,(H,24,25)/t15-/m0/s1. The second-order valence-electron chi connectivity index (χ2n) is 6.45. The van der Waals surface area contributed by atoms with Gasteiger partial charge in [0.05, 0.1) is 11.2 Å². The Labute approximate surface area is 158 Å². The molecule has 5 heteroatoms. The molecular formula is C21H21ClN2O2. The van der Waals surface area contributed by atoms with Gasteiger partial charge in [0, 0.05) is 16.6 Å². The molecule has 3 rings (SSSR count). The first-order valence-corrected chi connectivity index (χ1v) is 8.83. The van der Waals surface area contributed by atoms with Gasteiger partial charge >= 0.3 is 0 Å². The van der Waals surface area contributed by atoms with Crippen LogP contribution in [-0.2, 0) is 4.79 Å². The summed E-state index contributed by atoms with van der Waals surface area (Å²) in [4.78, 5) is 17.0. The van der Waals surface area contributed by atoms with E-state index in [-0.39, 0.29) is 5.91 Å². The van der Waals surface area contributed by atoms with Crippen LogP contribution in [0.2, 0.25) is 5.02 Å². The zero-order chi connectivity index (χ0) is 18.8. The maximum absolute atomic E-state index is 12.6. The summed E-state index contributed by atoms with van der Waals surface area (Å²) in [6, 6.07) is 11.3. The number of pyridine rings is 1. The number of carbonyl (C=O) groups excluding carboxylic acids is 1. The molecule has 4 nitrogen and oxygen atoms in total. The molecule has 1 heterocycles. The average molecular weight is 369 g/mol. The molecule has 0 fully saturated rings. The number of halogens is 1. The zero-order valence-electron chi connectivity index (χ0n) is 15.3. The maximum atomic E-state index is 12.6. The molecule has 2 aromatic carbocycles. The van der Waals surface area contributed by atoms with Crippen molar-refractivity contribution in [1.29, 1.82) is 0 Å². The molecule has 0 spiro atoms. The molecule has 26 heavy (non-hydrogen) atoms. The number of benzene rings is 2. The molecule has 0 aliphatic heterocycles. The van der Waals surface area contributed by atoms with Crippen LogP contribution in [0.25, 0.3) is 10.9 Å². The number of nitrogens with one attached hydrogen (secondary N) is 1. The third-order valence-corrected chi connectivity index (χ3v) is 4.92. The number of nitrogens with zero attached hydrogens (tertiary/aromatic N) is 1. The van der Waals surface area contributed by atoms with Gasteiger partial charge < -0.3 is 10.1 Å². The predicted molar refractivity (Wildman–Crippen MR) is 106 cm³/mol. The van der Waals surface area contributed by atoms with E-state index in [2.05, 4.69) is 10.3 Å². The fraction of sp³-hybridized carbons (Fsp3) is 0.238. The normalized spacial score (nSPS) is 12.0. The topological polar surface area (TPSA) is 51.2 Å². The Bertz CT molecular complexity index is 962. The summed E-state index contributed by atoms with van der Waals surface area (Å²) in [5, 5.41) is 4.57. The van der Waals surface area contributed by atoms with E-state index in [0.29, 0.717) is 10.8 Å². The minimum atomic E-state index is -0.650. The second kappa shape index (κ2) is 7.34. The summed E-state index contributed by atoms with van der Waals surface area (Å²) in [5.74, 6) is 0.409. The van der Waals surface area contributed by atoms with Gasteiger partial charge in [-0.3, -0.25) is 9.78 Å². The van der Waals surface area contributed by atoms with Crippen LogP contribution in [0.15, 0.2) is 42.6 Å². The fourth-order valence-corrected chi connectivity index (χ4v) is 3.00. The van der Waals surface area contributed by atoms with Gasteiger partial charge in [0.1, 0.15) is 5.75 Å². The highest BCUT2D eigenvalue weighted by atomic mass is 35.5.